The minimum atomic E-state index is -0.176. The molecule has 3 rings (SSSR count). The summed E-state index contributed by atoms with van der Waals surface area (Å²) in [4.78, 5) is 12.2. The van der Waals surface area contributed by atoms with Crippen LogP contribution >= 0.6 is 31.9 Å². The lowest BCUT2D eigenvalue weighted by molar-refractivity contribution is -0.120. The first-order valence-electron chi connectivity index (χ1n) is 9.98. The summed E-state index contributed by atoms with van der Waals surface area (Å²) in [5, 5.41) is 4.08. The summed E-state index contributed by atoms with van der Waals surface area (Å²) in [5.74, 6) is 0.996. The Morgan fingerprint density at radius 3 is 2.41 bits per heavy atom. The van der Waals surface area contributed by atoms with Gasteiger partial charge in [-0.1, -0.05) is 46.3 Å². The Kier molecular flexibility index (Phi) is 8.47. The van der Waals surface area contributed by atoms with Crippen LogP contribution in [0.3, 0.4) is 0 Å². The molecule has 0 radical (unpaired) electrons. The van der Waals surface area contributed by atoms with Crippen molar-refractivity contribution in [1.29, 1.82) is 0 Å². The van der Waals surface area contributed by atoms with E-state index in [1.54, 1.807) is 19.4 Å². The zero-order valence-electron chi connectivity index (χ0n) is 18.1. The Labute approximate surface area is 205 Å². The van der Waals surface area contributed by atoms with E-state index in [4.69, 9.17) is 9.47 Å². The van der Waals surface area contributed by atoms with Gasteiger partial charge in [0.05, 0.1) is 24.2 Å². The van der Waals surface area contributed by atoms with Crippen LogP contribution in [0, 0.1) is 13.8 Å². The maximum Gasteiger partial charge on any atom is 0.244 e. The van der Waals surface area contributed by atoms with E-state index in [0.29, 0.717) is 18.1 Å². The van der Waals surface area contributed by atoms with E-state index in [0.717, 1.165) is 31.2 Å². The summed E-state index contributed by atoms with van der Waals surface area (Å²) < 4.78 is 13.2. The second-order valence-corrected chi connectivity index (χ2v) is 9.11. The lowest BCUT2D eigenvalue weighted by Gasteiger charge is -2.13. The number of carbonyl (C=O) groups excluding carboxylic acids is 1. The summed E-state index contributed by atoms with van der Waals surface area (Å²) in [5.41, 5.74) is 7.70. The number of hydrazone groups is 1. The van der Waals surface area contributed by atoms with Gasteiger partial charge in [-0.25, -0.2) is 5.43 Å². The molecule has 0 fully saturated rings. The van der Waals surface area contributed by atoms with E-state index in [1.165, 1.54) is 5.56 Å². The van der Waals surface area contributed by atoms with Crippen molar-refractivity contribution in [2.75, 3.05) is 7.11 Å². The second-order valence-electron chi connectivity index (χ2n) is 7.34. The third-order valence-electron chi connectivity index (χ3n) is 4.89. The molecule has 5 nitrogen and oxygen atoms in total. The molecule has 32 heavy (non-hydrogen) atoms. The van der Waals surface area contributed by atoms with Crippen molar-refractivity contribution in [2.24, 2.45) is 5.10 Å². The van der Waals surface area contributed by atoms with E-state index in [-0.39, 0.29) is 12.3 Å². The summed E-state index contributed by atoms with van der Waals surface area (Å²) in [7, 11) is 1.58. The van der Waals surface area contributed by atoms with E-state index in [1.807, 2.05) is 62.4 Å². The minimum absolute atomic E-state index is 0.176. The molecular weight excluding hydrogens is 536 g/mol. The number of halogens is 2. The number of benzene rings is 3. The number of methoxy groups -OCH3 is 1. The summed E-state index contributed by atoms with van der Waals surface area (Å²) >= 11 is 6.97. The van der Waals surface area contributed by atoms with Crippen LogP contribution in [-0.4, -0.2) is 19.2 Å². The molecule has 0 heterocycles. The molecule has 0 saturated carbocycles. The van der Waals surface area contributed by atoms with Gasteiger partial charge >= 0.3 is 0 Å². The van der Waals surface area contributed by atoms with E-state index < -0.39 is 0 Å². The van der Waals surface area contributed by atoms with Crippen LogP contribution in [-0.2, 0) is 17.8 Å². The van der Waals surface area contributed by atoms with Gasteiger partial charge in [-0.3, -0.25) is 4.79 Å². The summed E-state index contributed by atoms with van der Waals surface area (Å²) in [6.45, 7) is 4.49. The smallest absolute Gasteiger partial charge is 0.244 e. The molecule has 0 bridgehead atoms. The first kappa shape index (κ1) is 24.0. The molecule has 0 unspecified atom stereocenters. The standard InChI is InChI=1S/C25H24Br2N2O3/c1-16-4-5-19(10-17(16)2)13-24(30)29-28-14-20-11-22(27)25(23(12-20)31-3)32-15-18-6-8-21(26)9-7-18/h4-12,14H,13,15H2,1-3H3,(H,29,30)/b28-14-. The van der Waals surface area contributed by atoms with Crippen LogP contribution in [0.5, 0.6) is 11.5 Å². The Morgan fingerprint density at radius 1 is 1.00 bits per heavy atom. The number of hydrogen-bond acceptors (Lipinski definition) is 4. The predicted molar refractivity (Wildman–Crippen MR) is 135 cm³/mol. The Balaban J connectivity index is 1.62. The van der Waals surface area contributed by atoms with Crippen LogP contribution in [0.2, 0.25) is 0 Å². The number of carbonyl (C=O) groups is 1. The first-order valence-corrected chi connectivity index (χ1v) is 11.6. The molecular formula is C25H24Br2N2O3. The van der Waals surface area contributed by atoms with Gasteiger partial charge in [0, 0.05) is 4.47 Å². The minimum Gasteiger partial charge on any atom is -0.493 e. The molecule has 3 aromatic rings. The zero-order chi connectivity index (χ0) is 23.1. The number of aryl methyl sites for hydroxylation is 2. The number of nitrogens with one attached hydrogen (secondary N) is 1. The lowest BCUT2D eigenvalue weighted by Crippen LogP contribution is -2.19. The van der Waals surface area contributed by atoms with Gasteiger partial charge in [-0.2, -0.15) is 5.10 Å². The van der Waals surface area contributed by atoms with Crippen LogP contribution in [0.4, 0.5) is 0 Å². The second kappa shape index (κ2) is 11.3. The van der Waals surface area contributed by atoms with Gasteiger partial charge in [-0.15, -0.1) is 0 Å². The largest absolute Gasteiger partial charge is 0.493 e. The molecule has 0 aromatic heterocycles. The van der Waals surface area contributed by atoms with Crippen molar-refractivity contribution in [3.8, 4) is 11.5 Å². The molecule has 0 spiro atoms. The highest BCUT2D eigenvalue weighted by Gasteiger charge is 2.12. The zero-order valence-corrected chi connectivity index (χ0v) is 21.3. The van der Waals surface area contributed by atoms with Gasteiger partial charge in [0.15, 0.2) is 11.5 Å². The average Bonchev–Trinajstić information content (AvgIpc) is 2.76. The topological polar surface area (TPSA) is 59.9 Å². The fourth-order valence-corrected chi connectivity index (χ4v) is 3.85. The third-order valence-corrected chi connectivity index (χ3v) is 6.00. The molecule has 0 aliphatic carbocycles. The van der Waals surface area contributed by atoms with Gasteiger partial charge in [-0.05, 0) is 81.9 Å². The molecule has 166 valence electrons. The molecule has 0 aliphatic rings. The number of hydrogen-bond donors (Lipinski definition) is 1. The fraction of sp³-hybridized carbons (Fsp3) is 0.200. The SMILES string of the molecule is COc1cc(/C=N\NC(=O)Cc2ccc(C)c(C)c2)cc(Br)c1OCc1ccc(Br)cc1. The van der Waals surface area contributed by atoms with Crippen molar-refractivity contribution in [1.82, 2.24) is 5.43 Å². The van der Waals surface area contributed by atoms with Crippen LogP contribution < -0.4 is 14.9 Å². The van der Waals surface area contributed by atoms with Gasteiger partial charge in [0.2, 0.25) is 5.91 Å². The van der Waals surface area contributed by atoms with E-state index in [2.05, 4.69) is 42.4 Å². The number of nitrogens with zero attached hydrogens (tertiary/aromatic N) is 1. The third kappa shape index (κ3) is 6.68. The Hall–Kier alpha value is -2.64. The van der Waals surface area contributed by atoms with Crippen LogP contribution in [0.25, 0.3) is 0 Å². The molecule has 3 aromatic carbocycles. The molecule has 1 amide bonds. The van der Waals surface area contributed by atoms with E-state index in [9.17, 15) is 4.79 Å². The highest BCUT2D eigenvalue weighted by atomic mass is 79.9. The summed E-state index contributed by atoms with van der Waals surface area (Å²) in [6.07, 6.45) is 1.85. The normalized spacial score (nSPS) is 10.9. The number of rotatable bonds is 8. The maximum absolute atomic E-state index is 12.2. The van der Waals surface area contributed by atoms with Gasteiger partial charge in [0.1, 0.15) is 6.61 Å². The Morgan fingerprint density at radius 2 is 1.72 bits per heavy atom. The van der Waals surface area contributed by atoms with Crippen molar-refractivity contribution in [2.45, 2.75) is 26.9 Å². The first-order chi connectivity index (χ1) is 15.4. The van der Waals surface area contributed by atoms with E-state index >= 15 is 0 Å². The molecule has 0 aliphatic heterocycles. The fourth-order valence-electron chi connectivity index (χ4n) is 3.01. The van der Waals surface area contributed by atoms with Crippen molar-refractivity contribution >= 4 is 44.0 Å². The van der Waals surface area contributed by atoms with Crippen molar-refractivity contribution in [3.05, 3.63) is 91.4 Å². The molecule has 1 N–H and O–H groups in total. The number of amides is 1. The molecule has 7 heteroatoms. The maximum atomic E-state index is 12.2. The monoisotopic (exact) mass is 558 g/mol. The quantitative estimate of drug-likeness (QED) is 0.267. The Bertz CT molecular complexity index is 1130. The van der Waals surface area contributed by atoms with Crippen molar-refractivity contribution < 1.29 is 14.3 Å². The summed E-state index contributed by atoms with van der Waals surface area (Å²) in [6, 6.07) is 17.6. The van der Waals surface area contributed by atoms with Crippen LogP contribution in [0.1, 0.15) is 27.8 Å². The van der Waals surface area contributed by atoms with Crippen molar-refractivity contribution in [3.63, 3.8) is 0 Å². The van der Waals surface area contributed by atoms with Gasteiger partial charge in [0.25, 0.3) is 0 Å². The molecule has 0 atom stereocenters. The lowest BCUT2D eigenvalue weighted by atomic mass is 10.0. The average molecular weight is 560 g/mol. The van der Waals surface area contributed by atoms with Crippen LogP contribution in [0.15, 0.2) is 68.6 Å². The molecule has 0 saturated heterocycles. The highest BCUT2D eigenvalue weighted by molar-refractivity contribution is 9.10. The predicted octanol–water partition coefficient (Wildman–Crippen LogP) is 6.11. The number of ether oxygens (including phenoxy) is 2. The highest BCUT2D eigenvalue weighted by Crippen LogP contribution is 2.36. The van der Waals surface area contributed by atoms with Gasteiger partial charge < -0.3 is 9.47 Å².